The number of amides is 1. The van der Waals surface area contributed by atoms with E-state index in [0.717, 1.165) is 6.42 Å². The van der Waals surface area contributed by atoms with E-state index in [0.29, 0.717) is 18.9 Å². The topological polar surface area (TPSA) is 58.6 Å². The summed E-state index contributed by atoms with van der Waals surface area (Å²) >= 11 is 0. The van der Waals surface area contributed by atoms with Crippen LogP contribution in [-0.2, 0) is 9.53 Å². The average molecular weight is 263 g/mol. The molecule has 2 rings (SSSR count). The Hall–Kier alpha value is -1.39. The van der Waals surface area contributed by atoms with Crippen molar-refractivity contribution in [2.45, 2.75) is 24.8 Å². The minimum absolute atomic E-state index is 0.0566. The van der Waals surface area contributed by atoms with Crippen molar-refractivity contribution < 1.29 is 14.6 Å². The Morgan fingerprint density at radius 3 is 2.84 bits per heavy atom. The Labute approximate surface area is 113 Å². The normalized spacial score (nSPS) is 22.8. The second kappa shape index (κ2) is 6.68. The number of benzene rings is 1. The molecule has 0 spiro atoms. The Kier molecular flexibility index (Phi) is 4.93. The summed E-state index contributed by atoms with van der Waals surface area (Å²) in [6, 6.07) is 10.0. The van der Waals surface area contributed by atoms with Gasteiger partial charge >= 0.3 is 0 Å². The molecule has 3 atom stereocenters. The van der Waals surface area contributed by atoms with Crippen molar-refractivity contribution >= 4 is 5.91 Å². The molecule has 0 heterocycles. The molecule has 2 N–H and O–H groups in total. The fraction of sp³-hybridized carbons (Fsp3) is 0.533. The van der Waals surface area contributed by atoms with Gasteiger partial charge in [0, 0.05) is 19.6 Å². The van der Waals surface area contributed by atoms with Gasteiger partial charge in [-0.05, 0) is 24.3 Å². The molecule has 1 amide bonds. The first-order valence-electron chi connectivity index (χ1n) is 6.71. The molecule has 0 aromatic heterocycles. The Balaban J connectivity index is 1.85. The summed E-state index contributed by atoms with van der Waals surface area (Å²) in [7, 11) is 1.60. The largest absolute Gasteiger partial charge is 0.396 e. The predicted molar refractivity (Wildman–Crippen MR) is 72.8 cm³/mol. The van der Waals surface area contributed by atoms with Crippen molar-refractivity contribution in [1.82, 2.24) is 5.32 Å². The smallest absolute Gasteiger partial charge is 0.224 e. The molecular weight excluding hydrogens is 242 g/mol. The quantitative estimate of drug-likeness (QED) is 0.779. The first-order chi connectivity index (χ1) is 9.26. The molecule has 4 heteroatoms. The van der Waals surface area contributed by atoms with Crippen molar-refractivity contribution in [2.24, 2.45) is 5.92 Å². The van der Waals surface area contributed by atoms with Gasteiger partial charge in [-0.3, -0.25) is 4.79 Å². The molecule has 0 aliphatic heterocycles. The molecule has 1 aromatic carbocycles. The Morgan fingerprint density at radius 2 is 2.21 bits per heavy atom. The second-order valence-electron chi connectivity index (χ2n) is 5.03. The summed E-state index contributed by atoms with van der Waals surface area (Å²) in [4.78, 5) is 12.1. The number of ether oxygens (including phenoxy) is 1. The average Bonchev–Trinajstić information content (AvgIpc) is 3.20. The standard InChI is InChI=1S/C15H21NO3/c1-19-10-12(7-8-17)16-15(18)14-9-13(14)11-5-3-2-4-6-11/h2-6,12-14,17H,7-10H2,1H3,(H,16,18). The van der Waals surface area contributed by atoms with Gasteiger partial charge < -0.3 is 15.2 Å². The van der Waals surface area contributed by atoms with Gasteiger partial charge in [-0.15, -0.1) is 0 Å². The number of carbonyl (C=O) groups excluding carboxylic acids is 1. The number of aliphatic hydroxyl groups is 1. The number of aliphatic hydroxyl groups excluding tert-OH is 1. The molecular formula is C15H21NO3. The molecule has 1 aromatic rings. The zero-order valence-corrected chi connectivity index (χ0v) is 11.2. The number of nitrogens with one attached hydrogen (secondary N) is 1. The number of hydrogen-bond donors (Lipinski definition) is 2. The van der Waals surface area contributed by atoms with Crippen molar-refractivity contribution in [3.8, 4) is 0 Å². The van der Waals surface area contributed by atoms with Crippen LogP contribution in [0.2, 0.25) is 0 Å². The van der Waals surface area contributed by atoms with E-state index < -0.39 is 0 Å². The van der Waals surface area contributed by atoms with Crippen LogP contribution in [0.4, 0.5) is 0 Å². The molecule has 19 heavy (non-hydrogen) atoms. The Bertz CT molecular complexity index is 401. The third kappa shape index (κ3) is 3.78. The van der Waals surface area contributed by atoms with Gasteiger partial charge in [-0.1, -0.05) is 30.3 Å². The summed E-state index contributed by atoms with van der Waals surface area (Å²) in [6.45, 7) is 0.496. The third-order valence-corrected chi connectivity index (χ3v) is 3.55. The lowest BCUT2D eigenvalue weighted by molar-refractivity contribution is -0.123. The van der Waals surface area contributed by atoms with Crippen LogP contribution >= 0.6 is 0 Å². The van der Waals surface area contributed by atoms with Crippen LogP contribution in [0.3, 0.4) is 0 Å². The van der Waals surface area contributed by atoms with E-state index >= 15 is 0 Å². The van der Waals surface area contributed by atoms with E-state index in [-0.39, 0.29) is 24.5 Å². The van der Waals surface area contributed by atoms with Crippen LogP contribution in [0.15, 0.2) is 30.3 Å². The maximum atomic E-state index is 12.1. The zero-order valence-electron chi connectivity index (χ0n) is 11.2. The van der Waals surface area contributed by atoms with Gasteiger partial charge in [0.05, 0.1) is 12.6 Å². The summed E-state index contributed by atoms with van der Waals surface area (Å²) in [5.74, 6) is 0.489. The van der Waals surface area contributed by atoms with Gasteiger partial charge in [-0.2, -0.15) is 0 Å². The third-order valence-electron chi connectivity index (χ3n) is 3.55. The van der Waals surface area contributed by atoms with Gasteiger partial charge in [0.2, 0.25) is 5.91 Å². The minimum atomic E-state index is -0.0977. The molecule has 3 unspecified atom stereocenters. The molecule has 1 aliphatic rings. The van der Waals surface area contributed by atoms with Crippen LogP contribution in [0.5, 0.6) is 0 Å². The van der Waals surface area contributed by atoms with Gasteiger partial charge in [0.1, 0.15) is 0 Å². The number of methoxy groups -OCH3 is 1. The van der Waals surface area contributed by atoms with Crippen LogP contribution in [0.1, 0.15) is 24.3 Å². The molecule has 0 bridgehead atoms. The molecule has 1 fully saturated rings. The van der Waals surface area contributed by atoms with Gasteiger partial charge in [0.25, 0.3) is 0 Å². The fourth-order valence-electron chi connectivity index (χ4n) is 2.42. The Morgan fingerprint density at radius 1 is 1.47 bits per heavy atom. The molecule has 1 saturated carbocycles. The van der Waals surface area contributed by atoms with E-state index in [4.69, 9.17) is 9.84 Å². The summed E-state index contributed by atoms with van der Waals surface area (Å²) in [5.41, 5.74) is 1.23. The molecule has 0 saturated heterocycles. The van der Waals surface area contributed by atoms with Crippen LogP contribution in [0, 0.1) is 5.92 Å². The van der Waals surface area contributed by atoms with Crippen LogP contribution in [0.25, 0.3) is 0 Å². The first-order valence-corrected chi connectivity index (χ1v) is 6.71. The highest BCUT2D eigenvalue weighted by Crippen LogP contribution is 2.47. The maximum absolute atomic E-state index is 12.1. The lowest BCUT2D eigenvalue weighted by Crippen LogP contribution is -2.39. The van der Waals surface area contributed by atoms with Gasteiger partial charge in [-0.25, -0.2) is 0 Å². The highest BCUT2D eigenvalue weighted by Gasteiger charge is 2.44. The highest BCUT2D eigenvalue weighted by molar-refractivity contribution is 5.83. The molecule has 104 valence electrons. The highest BCUT2D eigenvalue weighted by atomic mass is 16.5. The zero-order chi connectivity index (χ0) is 13.7. The number of hydrogen-bond acceptors (Lipinski definition) is 3. The van der Waals surface area contributed by atoms with E-state index in [9.17, 15) is 4.79 Å². The minimum Gasteiger partial charge on any atom is -0.396 e. The lowest BCUT2D eigenvalue weighted by atomic mass is 10.1. The number of rotatable bonds is 7. The van der Waals surface area contributed by atoms with Crippen molar-refractivity contribution in [1.29, 1.82) is 0 Å². The van der Waals surface area contributed by atoms with E-state index in [1.807, 2.05) is 18.2 Å². The lowest BCUT2D eigenvalue weighted by Gasteiger charge is -2.16. The molecule has 0 radical (unpaired) electrons. The van der Waals surface area contributed by atoms with Crippen molar-refractivity contribution in [2.75, 3.05) is 20.3 Å². The van der Waals surface area contributed by atoms with Crippen LogP contribution in [-0.4, -0.2) is 37.4 Å². The molecule has 1 aliphatic carbocycles. The summed E-state index contributed by atoms with van der Waals surface area (Å²) in [5, 5.41) is 11.9. The summed E-state index contributed by atoms with van der Waals surface area (Å²) < 4.78 is 5.04. The van der Waals surface area contributed by atoms with E-state index in [1.54, 1.807) is 7.11 Å². The maximum Gasteiger partial charge on any atom is 0.224 e. The van der Waals surface area contributed by atoms with Crippen LogP contribution < -0.4 is 5.32 Å². The summed E-state index contributed by atoms with van der Waals surface area (Å²) in [6.07, 6.45) is 1.44. The molecule has 4 nitrogen and oxygen atoms in total. The second-order valence-corrected chi connectivity index (χ2v) is 5.03. The monoisotopic (exact) mass is 263 g/mol. The van der Waals surface area contributed by atoms with Crippen molar-refractivity contribution in [3.05, 3.63) is 35.9 Å². The van der Waals surface area contributed by atoms with Gasteiger partial charge in [0.15, 0.2) is 0 Å². The fourth-order valence-corrected chi connectivity index (χ4v) is 2.42. The number of carbonyl (C=O) groups is 1. The van der Waals surface area contributed by atoms with Crippen molar-refractivity contribution in [3.63, 3.8) is 0 Å². The van der Waals surface area contributed by atoms with E-state index in [1.165, 1.54) is 5.56 Å². The predicted octanol–water partition coefficient (Wildman–Crippen LogP) is 1.30. The first kappa shape index (κ1) is 14.0. The SMILES string of the molecule is COCC(CCO)NC(=O)C1CC1c1ccccc1. The van der Waals surface area contributed by atoms with E-state index in [2.05, 4.69) is 17.4 Å².